The Bertz CT molecular complexity index is 1220. The summed E-state index contributed by atoms with van der Waals surface area (Å²) in [5.41, 5.74) is 7.14. The monoisotopic (exact) mass is 396 g/mol. The van der Waals surface area contributed by atoms with Crippen LogP contribution in [0.2, 0.25) is 0 Å². The number of carbonyl (C=O) groups excluding carboxylic acids is 1. The second-order valence-corrected chi connectivity index (χ2v) is 8.29. The van der Waals surface area contributed by atoms with Gasteiger partial charge in [0, 0.05) is 23.6 Å². The molecule has 1 aliphatic carbocycles. The largest absolute Gasteiger partial charge is 0.465 e. The van der Waals surface area contributed by atoms with E-state index < -0.39 is 0 Å². The van der Waals surface area contributed by atoms with Crippen molar-refractivity contribution in [3.8, 4) is 17.3 Å². The highest BCUT2D eigenvalue weighted by Gasteiger charge is 2.29. The molecule has 2 aromatic carbocycles. The number of nitrogens with zero attached hydrogens (tertiary/aromatic N) is 2. The summed E-state index contributed by atoms with van der Waals surface area (Å²) in [5.74, 6) is 0.150. The van der Waals surface area contributed by atoms with E-state index in [1.807, 2.05) is 24.4 Å². The van der Waals surface area contributed by atoms with E-state index >= 15 is 0 Å². The van der Waals surface area contributed by atoms with Gasteiger partial charge in [0.05, 0.1) is 35.5 Å². The SMILES string of the molecule is COC(=O)c1ccc2c(C3CCCCC3)c3n(c2c1)C=C(C#N)Cc1ccccc1-3. The van der Waals surface area contributed by atoms with E-state index in [0.29, 0.717) is 17.9 Å². The summed E-state index contributed by atoms with van der Waals surface area (Å²) in [6.45, 7) is 0. The molecule has 1 aliphatic heterocycles. The number of hydrogen-bond donors (Lipinski definition) is 0. The van der Waals surface area contributed by atoms with Gasteiger partial charge in [0.25, 0.3) is 0 Å². The average molecular weight is 396 g/mol. The Balaban J connectivity index is 1.88. The third-order valence-corrected chi connectivity index (χ3v) is 6.56. The predicted octanol–water partition coefficient (Wildman–Crippen LogP) is 6.06. The first-order valence-corrected chi connectivity index (χ1v) is 10.7. The molecule has 0 unspecified atom stereocenters. The lowest BCUT2D eigenvalue weighted by atomic mass is 9.81. The van der Waals surface area contributed by atoms with E-state index in [0.717, 1.165) is 11.1 Å². The van der Waals surface area contributed by atoms with Crippen LogP contribution in [0, 0.1) is 11.3 Å². The molecule has 0 bridgehead atoms. The fraction of sp³-hybridized carbons (Fsp3) is 0.308. The molecule has 1 aromatic heterocycles. The minimum atomic E-state index is -0.342. The zero-order valence-corrected chi connectivity index (χ0v) is 17.1. The summed E-state index contributed by atoms with van der Waals surface area (Å²) < 4.78 is 7.11. The fourth-order valence-corrected chi connectivity index (χ4v) is 5.18. The zero-order valence-electron chi connectivity index (χ0n) is 17.1. The van der Waals surface area contributed by atoms with E-state index in [9.17, 15) is 10.1 Å². The van der Waals surface area contributed by atoms with Crippen LogP contribution < -0.4 is 0 Å². The minimum Gasteiger partial charge on any atom is -0.465 e. The number of hydrogen-bond acceptors (Lipinski definition) is 3. The lowest BCUT2D eigenvalue weighted by Gasteiger charge is -2.23. The number of carbonyl (C=O) groups is 1. The maximum absolute atomic E-state index is 12.2. The Morgan fingerprint density at radius 3 is 2.70 bits per heavy atom. The Labute approximate surface area is 176 Å². The van der Waals surface area contributed by atoms with Gasteiger partial charge in [0.1, 0.15) is 0 Å². The van der Waals surface area contributed by atoms with Gasteiger partial charge in [-0.1, -0.05) is 49.6 Å². The van der Waals surface area contributed by atoms with Gasteiger partial charge in [-0.25, -0.2) is 4.79 Å². The molecule has 30 heavy (non-hydrogen) atoms. The first-order chi connectivity index (χ1) is 14.7. The van der Waals surface area contributed by atoms with E-state index in [-0.39, 0.29) is 5.97 Å². The molecule has 3 aromatic rings. The van der Waals surface area contributed by atoms with Gasteiger partial charge in [0.2, 0.25) is 0 Å². The summed E-state index contributed by atoms with van der Waals surface area (Å²) >= 11 is 0. The van der Waals surface area contributed by atoms with Gasteiger partial charge in [-0.05, 0) is 42.0 Å². The van der Waals surface area contributed by atoms with Crippen molar-refractivity contribution in [2.45, 2.75) is 44.4 Å². The smallest absolute Gasteiger partial charge is 0.337 e. The van der Waals surface area contributed by atoms with Crippen molar-refractivity contribution in [2.75, 3.05) is 7.11 Å². The number of allylic oxidation sites excluding steroid dienone is 1. The van der Waals surface area contributed by atoms with Crippen molar-refractivity contribution >= 4 is 23.1 Å². The summed E-state index contributed by atoms with van der Waals surface area (Å²) in [5, 5.41) is 10.9. The van der Waals surface area contributed by atoms with Crippen molar-refractivity contribution in [3.05, 3.63) is 64.7 Å². The van der Waals surface area contributed by atoms with Crippen molar-refractivity contribution in [1.82, 2.24) is 4.57 Å². The molecule has 4 heteroatoms. The van der Waals surface area contributed by atoms with Crippen LogP contribution in [0.5, 0.6) is 0 Å². The first kappa shape index (κ1) is 18.7. The van der Waals surface area contributed by atoms with Crippen LogP contribution in [0.25, 0.3) is 28.4 Å². The summed E-state index contributed by atoms with van der Waals surface area (Å²) in [6.07, 6.45) is 8.74. The van der Waals surface area contributed by atoms with E-state index in [1.165, 1.54) is 67.0 Å². The topological polar surface area (TPSA) is 55.0 Å². The van der Waals surface area contributed by atoms with E-state index in [4.69, 9.17) is 4.74 Å². The Morgan fingerprint density at radius 1 is 1.13 bits per heavy atom. The maximum atomic E-state index is 12.2. The average Bonchev–Trinajstić information content (AvgIpc) is 3.01. The van der Waals surface area contributed by atoms with Gasteiger partial charge in [0.15, 0.2) is 0 Å². The highest BCUT2D eigenvalue weighted by molar-refractivity contribution is 6.00. The van der Waals surface area contributed by atoms with Crippen LogP contribution in [-0.4, -0.2) is 17.6 Å². The van der Waals surface area contributed by atoms with Crippen LogP contribution in [0.1, 0.15) is 59.5 Å². The molecule has 0 radical (unpaired) electrons. The molecule has 0 spiro atoms. The molecule has 2 heterocycles. The number of nitriles is 1. The molecular formula is C26H24N2O2. The molecule has 0 saturated heterocycles. The molecule has 4 nitrogen and oxygen atoms in total. The number of benzene rings is 2. The summed E-state index contributed by atoms with van der Waals surface area (Å²) in [7, 11) is 1.41. The Hall–Kier alpha value is -3.32. The quantitative estimate of drug-likeness (QED) is 0.495. The Morgan fingerprint density at radius 2 is 1.93 bits per heavy atom. The molecule has 150 valence electrons. The lowest BCUT2D eigenvalue weighted by molar-refractivity contribution is 0.0601. The van der Waals surface area contributed by atoms with Gasteiger partial charge in [-0.2, -0.15) is 5.26 Å². The molecule has 0 amide bonds. The van der Waals surface area contributed by atoms with Crippen molar-refractivity contribution in [3.63, 3.8) is 0 Å². The normalized spacial score (nSPS) is 16.2. The highest BCUT2D eigenvalue weighted by Crippen LogP contribution is 2.46. The number of esters is 1. The van der Waals surface area contributed by atoms with Gasteiger partial charge in [-0.15, -0.1) is 0 Å². The third-order valence-electron chi connectivity index (χ3n) is 6.56. The number of methoxy groups -OCH3 is 1. The van der Waals surface area contributed by atoms with Crippen molar-refractivity contribution in [2.24, 2.45) is 0 Å². The standard InChI is InChI=1S/C26H24N2O2/c1-30-26(29)20-11-12-22-23(14-20)28-16-17(15-27)13-19-9-5-6-10-21(19)25(28)24(22)18-7-3-2-4-8-18/h5-6,9-12,14,16,18H,2-4,7-8,13H2,1H3. The van der Waals surface area contributed by atoms with Gasteiger partial charge >= 0.3 is 5.97 Å². The summed E-state index contributed by atoms with van der Waals surface area (Å²) in [4.78, 5) is 12.2. The maximum Gasteiger partial charge on any atom is 0.337 e. The van der Waals surface area contributed by atoms with Crippen LogP contribution in [-0.2, 0) is 11.2 Å². The van der Waals surface area contributed by atoms with E-state index in [1.54, 1.807) is 0 Å². The number of aromatic nitrogens is 1. The van der Waals surface area contributed by atoms with Crippen LogP contribution in [0.3, 0.4) is 0 Å². The van der Waals surface area contributed by atoms with Crippen LogP contribution in [0.15, 0.2) is 48.0 Å². The first-order valence-electron chi connectivity index (χ1n) is 10.7. The van der Waals surface area contributed by atoms with Gasteiger partial charge < -0.3 is 9.30 Å². The molecule has 1 fully saturated rings. The molecule has 5 rings (SSSR count). The van der Waals surface area contributed by atoms with Crippen LogP contribution in [0.4, 0.5) is 0 Å². The number of ether oxygens (including phenoxy) is 1. The third kappa shape index (κ3) is 2.93. The minimum absolute atomic E-state index is 0.342. The predicted molar refractivity (Wildman–Crippen MR) is 118 cm³/mol. The molecule has 1 saturated carbocycles. The van der Waals surface area contributed by atoms with Crippen molar-refractivity contribution in [1.29, 1.82) is 5.26 Å². The number of fused-ring (bicyclic) bond motifs is 5. The van der Waals surface area contributed by atoms with Crippen molar-refractivity contribution < 1.29 is 9.53 Å². The zero-order chi connectivity index (χ0) is 20.7. The van der Waals surface area contributed by atoms with Crippen LogP contribution >= 0.6 is 0 Å². The molecule has 0 N–H and O–H groups in total. The van der Waals surface area contributed by atoms with Gasteiger partial charge in [-0.3, -0.25) is 0 Å². The Kier molecular flexibility index (Phi) is 4.67. The highest BCUT2D eigenvalue weighted by atomic mass is 16.5. The molecule has 0 atom stereocenters. The second kappa shape index (κ2) is 7.50. The lowest BCUT2D eigenvalue weighted by Crippen LogP contribution is -2.06. The summed E-state index contributed by atoms with van der Waals surface area (Å²) in [6, 6.07) is 16.6. The molecular weight excluding hydrogens is 372 g/mol. The van der Waals surface area contributed by atoms with E-state index in [2.05, 4.69) is 34.9 Å². The molecule has 2 aliphatic rings. The fourth-order valence-electron chi connectivity index (χ4n) is 5.18. The number of rotatable bonds is 2. The second-order valence-electron chi connectivity index (χ2n) is 8.29.